The van der Waals surface area contributed by atoms with Crippen molar-refractivity contribution in [1.29, 1.82) is 0 Å². The van der Waals surface area contributed by atoms with Gasteiger partial charge in [0.05, 0.1) is 11.8 Å². The molecule has 0 amide bonds. The monoisotopic (exact) mass is 305 g/mol. The molecule has 1 aliphatic rings. The standard InChI is InChI=1S/C16H23N3OS/c1-11-4-3-5-13(8-11)17-6-7-19-10-18-14-12(2)9-21-15(14)16(19)20/h9-11,13,17H,3-8H2,1-2H3. The summed E-state index contributed by atoms with van der Waals surface area (Å²) in [5.41, 5.74) is 2.04. The summed E-state index contributed by atoms with van der Waals surface area (Å²) in [6, 6.07) is 0.616. The van der Waals surface area contributed by atoms with Crippen LogP contribution in [0.2, 0.25) is 0 Å². The van der Waals surface area contributed by atoms with Crippen molar-refractivity contribution in [2.75, 3.05) is 6.54 Å². The van der Waals surface area contributed by atoms with Gasteiger partial charge in [0.2, 0.25) is 0 Å². The molecular formula is C16H23N3OS. The number of thiophene rings is 1. The van der Waals surface area contributed by atoms with Gasteiger partial charge in [-0.25, -0.2) is 4.98 Å². The van der Waals surface area contributed by atoms with Gasteiger partial charge in [-0.2, -0.15) is 0 Å². The van der Waals surface area contributed by atoms with E-state index in [2.05, 4.69) is 17.2 Å². The maximum atomic E-state index is 12.4. The lowest BCUT2D eigenvalue weighted by atomic mass is 9.87. The molecule has 21 heavy (non-hydrogen) atoms. The van der Waals surface area contributed by atoms with E-state index in [1.54, 1.807) is 10.9 Å². The molecule has 4 nitrogen and oxygen atoms in total. The summed E-state index contributed by atoms with van der Waals surface area (Å²) in [6.07, 6.45) is 6.89. The Hall–Kier alpha value is -1.20. The van der Waals surface area contributed by atoms with E-state index in [9.17, 15) is 4.79 Å². The first-order valence-electron chi connectivity index (χ1n) is 7.82. The van der Waals surface area contributed by atoms with Gasteiger partial charge in [-0.1, -0.05) is 19.8 Å². The van der Waals surface area contributed by atoms with Crippen LogP contribution in [0.1, 0.15) is 38.2 Å². The predicted molar refractivity (Wildman–Crippen MR) is 88.0 cm³/mol. The molecule has 0 bridgehead atoms. The summed E-state index contributed by atoms with van der Waals surface area (Å²) in [6.45, 7) is 5.87. The first-order chi connectivity index (χ1) is 10.1. The molecule has 0 radical (unpaired) electrons. The Kier molecular flexibility index (Phi) is 4.40. The summed E-state index contributed by atoms with van der Waals surface area (Å²) in [5.74, 6) is 0.825. The van der Waals surface area contributed by atoms with Crippen molar-refractivity contribution in [3.05, 3.63) is 27.6 Å². The fourth-order valence-electron chi connectivity index (χ4n) is 3.23. The molecule has 2 heterocycles. The lowest BCUT2D eigenvalue weighted by Crippen LogP contribution is -2.36. The number of rotatable bonds is 4. The van der Waals surface area contributed by atoms with E-state index in [4.69, 9.17) is 0 Å². The molecule has 1 saturated carbocycles. The second kappa shape index (κ2) is 6.28. The molecule has 0 spiro atoms. The van der Waals surface area contributed by atoms with E-state index in [1.165, 1.54) is 37.0 Å². The first-order valence-corrected chi connectivity index (χ1v) is 8.69. The van der Waals surface area contributed by atoms with Crippen LogP contribution in [0.25, 0.3) is 10.2 Å². The molecule has 2 aromatic heterocycles. The Morgan fingerprint density at radius 1 is 1.48 bits per heavy atom. The maximum absolute atomic E-state index is 12.4. The molecule has 114 valence electrons. The second-order valence-corrected chi connectivity index (χ2v) is 7.14. The Morgan fingerprint density at radius 2 is 2.33 bits per heavy atom. The van der Waals surface area contributed by atoms with Gasteiger partial charge >= 0.3 is 0 Å². The minimum Gasteiger partial charge on any atom is -0.312 e. The average Bonchev–Trinajstić information content (AvgIpc) is 2.84. The lowest BCUT2D eigenvalue weighted by molar-refractivity contribution is 0.299. The molecule has 2 aromatic rings. The quantitative estimate of drug-likeness (QED) is 0.944. The van der Waals surface area contributed by atoms with Crippen LogP contribution in [-0.2, 0) is 6.54 Å². The zero-order valence-electron chi connectivity index (χ0n) is 12.8. The Bertz CT molecular complexity index is 676. The van der Waals surface area contributed by atoms with Gasteiger partial charge in [-0.05, 0) is 36.6 Å². The van der Waals surface area contributed by atoms with E-state index >= 15 is 0 Å². The van der Waals surface area contributed by atoms with Gasteiger partial charge in [0.25, 0.3) is 5.56 Å². The third-order valence-electron chi connectivity index (χ3n) is 4.45. The number of nitrogens with one attached hydrogen (secondary N) is 1. The highest BCUT2D eigenvalue weighted by molar-refractivity contribution is 7.17. The molecule has 1 N–H and O–H groups in total. The van der Waals surface area contributed by atoms with Gasteiger partial charge in [-0.3, -0.25) is 9.36 Å². The van der Waals surface area contributed by atoms with E-state index in [-0.39, 0.29) is 5.56 Å². The van der Waals surface area contributed by atoms with Crippen LogP contribution < -0.4 is 10.9 Å². The van der Waals surface area contributed by atoms with Crippen LogP contribution in [0.4, 0.5) is 0 Å². The fraction of sp³-hybridized carbons (Fsp3) is 0.625. The fourth-order valence-corrected chi connectivity index (χ4v) is 4.18. The highest BCUT2D eigenvalue weighted by atomic mass is 32.1. The molecule has 0 aromatic carbocycles. The van der Waals surface area contributed by atoms with Crippen molar-refractivity contribution in [2.24, 2.45) is 5.92 Å². The largest absolute Gasteiger partial charge is 0.312 e. The molecule has 0 aliphatic heterocycles. The average molecular weight is 305 g/mol. The van der Waals surface area contributed by atoms with Gasteiger partial charge < -0.3 is 5.32 Å². The highest BCUT2D eigenvalue weighted by Crippen LogP contribution is 2.23. The predicted octanol–water partition coefficient (Wildman–Crippen LogP) is 2.93. The number of hydrogen-bond acceptors (Lipinski definition) is 4. The van der Waals surface area contributed by atoms with E-state index in [0.29, 0.717) is 12.6 Å². The normalized spacial score (nSPS) is 22.8. The lowest BCUT2D eigenvalue weighted by Gasteiger charge is -2.27. The van der Waals surface area contributed by atoms with E-state index in [1.807, 2.05) is 12.3 Å². The van der Waals surface area contributed by atoms with Crippen LogP contribution in [0.5, 0.6) is 0 Å². The first kappa shape index (κ1) is 14.7. The van der Waals surface area contributed by atoms with Crippen molar-refractivity contribution in [3.63, 3.8) is 0 Å². The summed E-state index contributed by atoms with van der Waals surface area (Å²) < 4.78 is 2.51. The molecule has 0 saturated heterocycles. The molecule has 1 fully saturated rings. The third kappa shape index (κ3) is 3.19. The Morgan fingerprint density at radius 3 is 3.14 bits per heavy atom. The Labute approximate surface area is 129 Å². The van der Waals surface area contributed by atoms with Gasteiger partial charge in [0.1, 0.15) is 4.70 Å². The molecule has 2 unspecified atom stereocenters. The number of aryl methyl sites for hydroxylation is 1. The molecular weight excluding hydrogens is 282 g/mol. The molecule has 1 aliphatic carbocycles. The SMILES string of the molecule is Cc1csc2c(=O)n(CCNC3CCCC(C)C3)cnc12. The van der Waals surface area contributed by atoms with Crippen LogP contribution in [-0.4, -0.2) is 22.1 Å². The van der Waals surface area contributed by atoms with Crippen molar-refractivity contribution in [3.8, 4) is 0 Å². The summed E-state index contributed by atoms with van der Waals surface area (Å²) in [7, 11) is 0. The van der Waals surface area contributed by atoms with Crippen molar-refractivity contribution < 1.29 is 0 Å². The minimum atomic E-state index is 0.0944. The van der Waals surface area contributed by atoms with Crippen molar-refractivity contribution in [1.82, 2.24) is 14.9 Å². The summed E-state index contributed by atoms with van der Waals surface area (Å²) >= 11 is 1.50. The topological polar surface area (TPSA) is 46.9 Å². The Balaban J connectivity index is 1.63. The summed E-state index contributed by atoms with van der Waals surface area (Å²) in [4.78, 5) is 16.8. The number of fused-ring (bicyclic) bond motifs is 1. The molecule has 3 rings (SSSR count). The highest BCUT2D eigenvalue weighted by Gasteiger charge is 2.18. The van der Waals surface area contributed by atoms with Crippen molar-refractivity contribution in [2.45, 2.75) is 52.1 Å². The molecule has 5 heteroatoms. The maximum Gasteiger partial charge on any atom is 0.271 e. The van der Waals surface area contributed by atoms with Crippen LogP contribution in [0.3, 0.4) is 0 Å². The van der Waals surface area contributed by atoms with Gasteiger partial charge in [0, 0.05) is 19.1 Å². The van der Waals surface area contributed by atoms with Crippen LogP contribution >= 0.6 is 11.3 Å². The van der Waals surface area contributed by atoms with E-state index < -0.39 is 0 Å². The molecule has 2 atom stereocenters. The van der Waals surface area contributed by atoms with Gasteiger partial charge in [-0.15, -0.1) is 11.3 Å². The summed E-state index contributed by atoms with van der Waals surface area (Å²) in [5, 5.41) is 5.60. The number of nitrogens with zero attached hydrogens (tertiary/aromatic N) is 2. The van der Waals surface area contributed by atoms with E-state index in [0.717, 1.165) is 28.2 Å². The van der Waals surface area contributed by atoms with Gasteiger partial charge in [0.15, 0.2) is 0 Å². The second-order valence-electron chi connectivity index (χ2n) is 6.26. The smallest absolute Gasteiger partial charge is 0.271 e. The third-order valence-corrected chi connectivity index (χ3v) is 5.52. The zero-order valence-corrected chi connectivity index (χ0v) is 13.6. The number of hydrogen-bond donors (Lipinski definition) is 1. The minimum absolute atomic E-state index is 0.0944. The zero-order chi connectivity index (χ0) is 14.8. The number of aromatic nitrogens is 2. The van der Waals surface area contributed by atoms with Crippen molar-refractivity contribution >= 4 is 21.6 Å². The van der Waals surface area contributed by atoms with Crippen LogP contribution in [0, 0.1) is 12.8 Å². The van der Waals surface area contributed by atoms with Crippen LogP contribution in [0.15, 0.2) is 16.5 Å².